The third-order valence-electron chi connectivity index (χ3n) is 2.16. The largest absolute Gasteiger partial charge is 0.487 e. The number of nitrogens with one attached hydrogen (secondary N) is 1. The van der Waals surface area contributed by atoms with E-state index in [2.05, 4.69) is 10.2 Å². The summed E-state index contributed by atoms with van der Waals surface area (Å²) < 4.78 is 6.18. The van der Waals surface area contributed by atoms with Gasteiger partial charge >= 0.3 is 0 Å². The van der Waals surface area contributed by atoms with Crippen LogP contribution in [-0.2, 0) is 0 Å². The van der Waals surface area contributed by atoms with Crippen molar-refractivity contribution in [1.29, 1.82) is 0 Å². The molecule has 0 saturated heterocycles. The highest BCUT2D eigenvalue weighted by molar-refractivity contribution is 5.83. The first-order valence-corrected chi connectivity index (χ1v) is 4.73. The van der Waals surface area contributed by atoms with Crippen molar-refractivity contribution >= 4 is 16.6 Å². The molecule has 5 heteroatoms. The molecule has 0 bridgehead atoms. The molecule has 1 heterocycles. The van der Waals surface area contributed by atoms with Crippen LogP contribution in [0.15, 0.2) is 18.3 Å². The van der Waals surface area contributed by atoms with Crippen LogP contribution in [0, 0.1) is 4.91 Å². The van der Waals surface area contributed by atoms with E-state index in [4.69, 9.17) is 4.74 Å². The van der Waals surface area contributed by atoms with Gasteiger partial charge in [0.05, 0.1) is 18.3 Å². The molecule has 1 aromatic carbocycles. The zero-order chi connectivity index (χ0) is 10.8. The van der Waals surface area contributed by atoms with Crippen LogP contribution in [0.1, 0.15) is 6.92 Å². The van der Waals surface area contributed by atoms with Crippen molar-refractivity contribution in [1.82, 2.24) is 10.2 Å². The molecular formula is C10H12N3O2+. The summed E-state index contributed by atoms with van der Waals surface area (Å²) in [5.74, 6) is 0.576. The fraction of sp³-hybridized carbons (Fsp3) is 0.300. The van der Waals surface area contributed by atoms with Crippen LogP contribution < -0.4 is 4.74 Å². The Morgan fingerprint density at radius 2 is 2.33 bits per heavy atom. The lowest BCUT2D eigenvalue weighted by atomic mass is 10.2. The van der Waals surface area contributed by atoms with Gasteiger partial charge in [0, 0.05) is 27.2 Å². The molecule has 0 fully saturated rings. The van der Waals surface area contributed by atoms with E-state index in [0.29, 0.717) is 18.0 Å². The Kier molecular flexibility index (Phi) is 2.37. The Morgan fingerprint density at radius 3 is 3.00 bits per heavy atom. The number of hydrogen-bond donors (Lipinski definition) is 1. The van der Waals surface area contributed by atoms with Gasteiger partial charge < -0.3 is 4.74 Å². The van der Waals surface area contributed by atoms with Gasteiger partial charge in [-0.15, -0.1) is 0 Å². The molecule has 15 heavy (non-hydrogen) atoms. The van der Waals surface area contributed by atoms with Gasteiger partial charge in [0.1, 0.15) is 0 Å². The molecule has 1 aromatic heterocycles. The topological polar surface area (TPSA) is 58.0 Å². The highest BCUT2D eigenvalue weighted by Crippen LogP contribution is 2.30. The number of ether oxygens (including phenoxy) is 1. The lowest BCUT2D eigenvalue weighted by Gasteiger charge is -2.02. The molecule has 0 saturated carbocycles. The molecule has 1 N–H and O–H groups in total. The maximum atomic E-state index is 11.3. The Bertz CT molecular complexity index is 504. The van der Waals surface area contributed by atoms with Gasteiger partial charge in [0.25, 0.3) is 5.69 Å². The number of nitrogens with zero attached hydrogens (tertiary/aromatic N) is 2. The number of aromatic amines is 1. The van der Waals surface area contributed by atoms with Gasteiger partial charge in [-0.3, -0.25) is 5.10 Å². The van der Waals surface area contributed by atoms with E-state index in [9.17, 15) is 4.91 Å². The number of benzene rings is 1. The predicted molar refractivity (Wildman–Crippen MR) is 56.5 cm³/mol. The zero-order valence-electron chi connectivity index (χ0n) is 8.65. The highest BCUT2D eigenvalue weighted by Gasteiger charge is 2.17. The van der Waals surface area contributed by atoms with Gasteiger partial charge in [0.15, 0.2) is 12.8 Å². The molecular weight excluding hydrogens is 194 g/mol. The molecule has 0 radical (unpaired) electrons. The molecule has 0 aliphatic carbocycles. The average molecular weight is 206 g/mol. The zero-order valence-corrected chi connectivity index (χ0v) is 8.65. The molecule has 0 aliphatic heterocycles. The number of rotatable bonds is 3. The summed E-state index contributed by atoms with van der Waals surface area (Å²) in [6.07, 6.45) is 1.68. The minimum absolute atomic E-state index is 0.519. The van der Waals surface area contributed by atoms with Crippen LogP contribution in [-0.4, -0.2) is 28.6 Å². The van der Waals surface area contributed by atoms with E-state index in [-0.39, 0.29) is 0 Å². The molecule has 0 atom stereocenters. The summed E-state index contributed by atoms with van der Waals surface area (Å²) in [7, 11) is 1.45. The smallest absolute Gasteiger partial charge is 0.297 e. The first kappa shape index (κ1) is 9.64. The Hall–Kier alpha value is -1.91. The molecule has 0 spiro atoms. The predicted octanol–water partition coefficient (Wildman–Crippen LogP) is 2.00. The normalized spacial score (nSPS) is 10.5. The van der Waals surface area contributed by atoms with Gasteiger partial charge in [0.2, 0.25) is 0 Å². The van der Waals surface area contributed by atoms with Crippen LogP contribution in [0.4, 0.5) is 5.69 Å². The lowest BCUT2D eigenvalue weighted by molar-refractivity contribution is -0.429. The summed E-state index contributed by atoms with van der Waals surface area (Å²) >= 11 is 0. The van der Waals surface area contributed by atoms with Crippen molar-refractivity contribution in [2.24, 2.45) is 0 Å². The summed E-state index contributed by atoms with van der Waals surface area (Å²) in [4.78, 5) is 11.3. The fourth-order valence-corrected chi connectivity index (χ4v) is 1.48. The van der Waals surface area contributed by atoms with E-state index < -0.39 is 0 Å². The third-order valence-corrected chi connectivity index (χ3v) is 2.16. The van der Waals surface area contributed by atoms with Crippen LogP contribution in [0.3, 0.4) is 0 Å². The van der Waals surface area contributed by atoms with E-state index in [1.807, 2.05) is 6.92 Å². The first-order chi connectivity index (χ1) is 7.22. The second kappa shape index (κ2) is 3.68. The van der Waals surface area contributed by atoms with Crippen molar-refractivity contribution in [3.63, 3.8) is 0 Å². The Labute approximate surface area is 86.6 Å². The number of fused-ring (bicyclic) bond motifs is 1. The van der Waals surface area contributed by atoms with Crippen LogP contribution in [0.5, 0.6) is 5.75 Å². The monoisotopic (exact) mass is 206 g/mol. The SMILES string of the molecule is CCOc1cc2[nH]ncc2cc1[N+](C)=O. The van der Waals surface area contributed by atoms with E-state index in [1.165, 1.54) is 7.05 Å². The van der Waals surface area contributed by atoms with Crippen LogP contribution in [0.25, 0.3) is 10.9 Å². The highest BCUT2D eigenvalue weighted by atomic mass is 16.5. The number of nitroso groups, excluding NO2 is 1. The molecule has 5 nitrogen and oxygen atoms in total. The minimum atomic E-state index is 0.519. The maximum Gasteiger partial charge on any atom is 0.297 e. The Balaban J connectivity index is 2.62. The van der Waals surface area contributed by atoms with Crippen molar-refractivity contribution in [3.05, 3.63) is 23.2 Å². The standard InChI is InChI=1S/C10H12N3O2/c1-3-15-10-5-8-7(6-11-12-8)4-9(10)13(2)14/h4-6H,3H2,1-2H3,(H,11,12)/q+1. The quantitative estimate of drug-likeness (QED) is 0.781. The van der Waals surface area contributed by atoms with E-state index in [1.54, 1.807) is 18.3 Å². The number of aromatic nitrogens is 2. The van der Waals surface area contributed by atoms with E-state index in [0.717, 1.165) is 15.7 Å². The lowest BCUT2D eigenvalue weighted by Crippen LogP contribution is -1.98. The molecule has 0 amide bonds. The number of H-pyrrole nitrogens is 1. The maximum absolute atomic E-state index is 11.3. The van der Waals surface area contributed by atoms with E-state index >= 15 is 0 Å². The second-order valence-electron chi connectivity index (χ2n) is 3.21. The minimum Gasteiger partial charge on any atom is -0.487 e. The fourth-order valence-electron chi connectivity index (χ4n) is 1.48. The van der Waals surface area contributed by atoms with Crippen molar-refractivity contribution < 1.29 is 9.50 Å². The third kappa shape index (κ3) is 1.68. The van der Waals surface area contributed by atoms with Crippen molar-refractivity contribution in [3.8, 4) is 5.75 Å². The molecule has 0 aliphatic rings. The van der Waals surface area contributed by atoms with Crippen molar-refractivity contribution in [2.75, 3.05) is 13.7 Å². The summed E-state index contributed by atoms with van der Waals surface area (Å²) in [5.41, 5.74) is 1.38. The first-order valence-electron chi connectivity index (χ1n) is 4.73. The Morgan fingerprint density at radius 1 is 1.53 bits per heavy atom. The van der Waals surface area contributed by atoms with Crippen LogP contribution >= 0.6 is 0 Å². The molecule has 2 aromatic rings. The molecule has 2 rings (SSSR count). The second-order valence-corrected chi connectivity index (χ2v) is 3.21. The van der Waals surface area contributed by atoms with Gasteiger partial charge in [-0.05, 0) is 6.92 Å². The van der Waals surface area contributed by atoms with Gasteiger partial charge in [-0.1, -0.05) is 0 Å². The summed E-state index contributed by atoms with van der Waals surface area (Å²) in [6.45, 7) is 2.41. The van der Waals surface area contributed by atoms with Gasteiger partial charge in [-0.25, -0.2) is 0 Å². The van der Waals surface area contributed by atoms with Crippen LogP contribution in [0.2, 0.25) is 0 Å². The number of hydrogen-bond acceptors (Lipinski definition) is 3. The average Bonchev–Trinajstić information content (AvgIpc) is 2.63. The van der Waals surface area contributed by atoms with Crippen molar-refractivity contribution in [2.45, 2.75) is 6.92 Å². The molecule has 78 valence electrons. The molecule has 0 unspecified atom stereocenters. The summed E-state index contributed by atoms with van der Waals surface area (Å²) in [6, 6.07) is 3.55. The summed E-state index contributed by atoms with van der Waals surface area (Å²) in [5, 5.41) is 7.64. The van der Waals surface area contributed by atoms with Gasteiger partial charge in [-0.2, -0.15) is 5.10 Å².